The molecule has 14 heavy (non-hydrogen) atoms. The predicted octanol–water partition coefficient (Wildman–Crippen LogP) is 2.76. The van der Waals surface area contributed by atoms with Gasteiger partial charge in [0.05, 0.1) is 11.4 Å². The minimum absolute atomic E-state index is 0.0443. The van der Waals surface area contributed by atoms with Gasteiger partial charge in [-0.05, 0) is 19.4 Å². The third-order valence-electron chi connectivity index (χ3n) is 2.10. The van der Waals surface area contributed by atoms with Gasteiger partial charge in [-0.2, -0.15) is 0 Å². The van der Waals surface area contributed by atoms with Crippen LogP contribution in [0.2, 0.25) is 0 Å². The topological polar surface area (TPSA) is 38.0 Å². The average Bonchev–Trinajstić information content (AvgIpc) is 2.14. The second-order valence-electron chi connectivity index (χ2n) is 3.31. The summed E-state index contributed by atoms with van der Waals surface area (Å²) in [6.07, 6.45) is 0.858. The van der Waals surface area contributed by atoms with Gasteiger partial charge in [0, 0.05) is 12.1 Å². The summed E-state index contributed by atoms with van der Waals surface area (Å²) < 4.78 is 26.0. The zero-order valence-electron chi connectivity index (χ0n) is 8.27. The molecule has 0 radical (unpaired) electrons. The summed E-state index contributed by atoms with van der Waals surface area (Å²) in [6, 6.07) is 2.20. The van der Waals surface area contributed by atoms with Crippen LogP contribution in [0.4, 0.5) is 20.2 Å². The SMILES string of the molecule is CCC(C)Nc1cc(N)c(F)cc1F. The van der Waals surface area contributed by atoms with Crippen molar-refractivity contribution in [1.82, 2.24) is 0 Å². The Morgan fingerprint density at radius 3 is 2.57 bits per heavy atom. The highest BCUT2D eigenvalue weighted by atomic mass is 19.1. The number of anilines is 2. The molecule has 0 saturated heterocycles. The van der Waals surface area contributed by atoms with Gasteiger partial charge in [0.15, 0.2) is 0 Å². The first-order valence-corrected chi connectivity index (χ1v) is 4.55. The van der Waals surface area contributed by atoms with Crippen molar-refractivity contribution in [3.63, 3.8) is 0 Å². The third-order valence-corrected chi connectivity index (χ3v) is 2.10. The Bertz CT molecular complexity index is 326. The van der Waals surface area contributed by atoms with Gasteiger partial charge in [0.2, 0.25) is 0 Å². The van der Waals surface area contributed by atoms with Crippen LogP contribution in [-0.2, 0) is 0 Å². The molecule has 0 aromatic heterocycles. The van der Waals surface area contributed by atoms with Crippen LogP contribution < -0.4 is 11.1 Å². The molecule has 0 aliphatic rings. The maximum atomic E-state index is 13.2. The van der Waals surface area contributed by atoms with Gasteiger partial charge in [0.1, 0.15) is 11.6 Å². The lowest BCUT2D eigenvalue weighted by Gasteiger charge is -2.14. The van der Waals surface area contributed by atoms with Crippen molar-refractivity contribution in [3.05, 3.63) is 23.8 Å². The van der Waals surface area contributed by atoms with Crippen molar-refractivity contribution in [2.75, 3.05) is 11.1 Å². The fourth-order valence-electron chi connectivity index (χ4n) is 1.04. The Balaban J connectivity index is 2.92. The van der Waals surface area contributed by atoms with Crippen molar-refractivity contribution in [2.45, 2.75) is 26.3 Å². The summed E-state index contributed by atoms with van der Waals surface area (Å²) in [7, 11) is 0. The number of nitrogens with one attached hydrogen (secondary N) is 1. The van der Waals surface area contributed by atoms with Crippen LogP contribution in [0.3, 0.4) is 0 Å². The molecule has 1 unspecified atom stereocenters. The molecule has 0 heterocycles. The number of halogens is 2. The van der Waals surface area contributed by atoms with E-state index >= 15 is 0 Å². The molecule has 1 aromatic carbocycles. The van der Waals surface area contributed by atoms with E-state index in [1.807, 2.05) is 13.8 Å². The molecule has 4 heteroatoms. The Hall–Kier alpha value is -1.32. The number of benzene rings is 1. The van der Waals surface area contributed by atoms with Crippen LogP contribution in [0.15, 0.2) is 12.1 Å². The summed E-state index contributed by atoms with van der Waals surface area (Å²) in [5.41, 5.74) is 5.53. The van der Waals surface area contributed by atoms with Gasteiger partial charge in [-0.3, -0.25) is 0 Å². The molecule has 0 amide bonds. The first-order chi connectivity index (χ1) is 6.54. The standard InChI is InChI=1S/C10H14F2N2/c1-3-6(2)14-10-5-9(13)7(11)4-8(10)12/h4-6,14H,3,13H2,1-2H3. The number of nitrogens with two attached hydrogens (primary N) is 1. The van der Waals surface area contributed by atoms with E-state index in [-0.39, 0.29) is 17.4 Å². The quantitative estimate of drug-likeness (QED) is 0.736. The van der Waals surface area contributed by atoms with E-state index < -0.39 is 11.6 Å². The lowest BCUT2D eigenvalue weighted by molar-refractivity contribution is 0.585. The summed E-state index contributed by atoms with van der Waals surface area (Å²) in [5.74, 6) is -1.34. The van der Waals surface area contributed by atoms with E-state index in [2.05, 4.69) is 5.32 Å². The molecule has 0 fully saturated rings. The monoisotopic (exact) mass is 200 g/mol. The van der Waals surface area contributed by atoms with Crippen molar-refractivity contribution in [2.24, 2.45) is 0 Å². The maximum Gasteiger partial charge on any atom is 0.149 e. The molecule has 2 nitrogen and oxygen atoms in total. The van der Waals surface area contributed by atoms with Gasteiger partial charge in [-0.25, -0.2) is 8.78 Å². The highest BCUT2D eigenvalue weighted by molar-refractivity contribution is 5.56. The van der Waals surface area contributed by atoms with Crippen LogP contribution in [0.1, 0.15) is 20.3 Å². The van der Waals surface area contributed by atoms with Gasteiger partial charge in [-0.1, -0.05) is 6.92 Å². The first-order valence-electron chi connectivity index (χ1n) is 4.55. The van der Waals surface area contributed by atoms with Crippen LogP contribution in [0, 0.1) is 11.6 Å². The number of hydrogen-bond donors (Lipinski definition) is 2. The highest BCUT2D eigenvalue weighted by Crippen LogP contribution is 2.21. The van der Waals surface area contributed by atoms with Crippen LogP contribution in [0.25, 0.3) is 0 Å². The molecule has 0 aliphatic carbocycles. The number of rotatable bonds is 3. The summed E-state index contributed by atoms with van der Waals surface area (Å²) in [6.45, 7) is 3.89. The molecule has 1 atom stereocenters. The predicted molar refractivity (Wildman–Crippen MR) is 54.1 cm³/mol. The van der Waals surface area contributed by atoms with Crippen molar-refractivity contribution < 1.29 is 8.78 Å². The van der Waals surface area contributed by atoms with Gasteiger partial charge >= 0.3 is 0 Å². The van der Waals surface area contributed by atoms with E-state index in [9.17, 15) is 8.78 Å². The van der Waals surface area contributed by atoms with E-state index in [0.717, 1.165) is 12.5 Å². The fourth-order valence-corrected chi connectivity index (χ4v) is 1.04. The number of hydrogen-bond acceptors (Lipinski definition) is 2. The summed E-state index contributed by atoms with van der Waals surface area (Å²) >= 11 is 0. The summed E-state index contributed by atoms with van der Waals surface area (Å²) in [5, 5.41) is 2.91. The average molecular weight is 200 g/mol. The molecular formula is C10H14F2N2. The van der Waals surface area contributed by atoms with Gasteiger partial charge < -0.3 is 11.1 Å². The minimum Gasteiger partial charge on any atom is -0.396 e. The van der Waals surface area contributed by atoms with Gasteiger partial charge in [0.25, 0.3) is 0 Å². The maximum absolute atomic E-state index is 13.2. The molecule has 1 rings (SSSR count). The minimum atomic E-state index is -0.725. The molecule has 0 aliphatic heterocycles. The molecule has 1 aromatic rings. The lowest BCUT2D eigenvalue weighted by atomic mass is 10.2. The normalized spacial score (nSPS) is 12.6. The number of nitrogen functional groups attached to an aromatic ring is 1. The second-order valence-corrected chi connectivity index (χ2v) is 3.31. The van der Waals surface area contributed by atoms with E-state index in [0.29, 0.717) is 0 Å². The van der Waals surface area contributed by atoms with Crippen LogP contribution in [0.5, 0.6) is 0 Å². The largest absolute Gasteiger partial charge is 0.396 e. The van der Waals surface area contributed by atoms with Crippen LogP contribution >= 0.6 is 0 Å². The Labute approximate surface area is 82.1 Å². The van der Waals surface area contributed by atoms with Crippen LogP contribution in [-0.4, -0.2) is 6.04 Å². The Kier molecular flexibility index (Phi) is 3.28. The highest BCUT2D eigenvalue weighted by Gasteiger charge is 2.08. The first kappa shape index (κ1) is 10.8. The van der Waals surface area contributed by atoms with Crippen molar-refractivity contribution >= 4 is 11.4 Å². The zero-order valence-corrected chi connectivity index (χ0v) is 8.27. The summed E-state index contributed by atoms with van der Waals surface area (Å²) in [4.78, 5) is 0. The van der Waals surface area contributed by atoms with E-state index in [1.165, 1.54) is 6.07 Å². The Morgan fingerprint density at radius 1 is 1.36 bits per heavy atom. The lowest BCUT2D eigenvalue weighted by Crippen LogP contribution is -2.14. The van der Waals surface area contributed by atoms with Gasteiger partial charge in [-0.15, -0.1) is 0 Å². The van der Waals surface area contributed by atoms with Crippen molar-refractivity contribution in [3.8, 4) is 0 Å². The van der Waals surface area contributed by atoms with E-state index in [4.69, 9.17) is 5.73 Å². The fraction of sp³-hybridized carbons (Fsp3) is 0.400. The molecule has 0 bridgehead atoms. The third kappa shape index (κ3) is 2.34. The molecule has 0 saturated carbocycles. The smallest absolute Gasteiger partial charge is 0.149 e. The van der Waals surface area contributed by atoms with E-state index in [1.54, 1.807) is 0 Å². The Morgan fingerprint density at radius 2 is 2.00 bits per heavy atom. The van der Waals surface area contributed by atoms with Crippen molar-refractivity contribution in [1.29, 1.82) is 0 Å². The molecule has 3 N–H and O–H groups in total. The molecular weight excluding hydrogens is 186 g/mol. The molecule has 78 valence electrons. The second kappa shape index (κ2) is 4.26. The molecule has 0 spiro atoms. The zero-order chi connectivity index (χ0) is 10.7.